The van der Waals surface area contributed by atoms with Crippen LogP contribution in [0.3, 0.4) is 0 Å². The quantitative estimate of drug-likeness (QED) is 0.559. The van der Waals surface area contributed by atoms with Gasteiger partial charge < -0.3 is 9.80 Å². The molecular weight excluding hydrogens is 148 g/mol. The summed E-state index contributed by atoms with van der Waals surface area (Å²) in [7, 11) is 1.77. The predicted molar refractivity (Wildman–Crippen MR) is 43.2 cm³/mol. The molecule has 1 aliphatic rings. The van der Waals surface area contributed by atoms with Crippen LogP contribution in [0.5, 0.6) is 0 Å². The van der Waals surface area contributed by atoms with Crippen molar-refractivity contribution >= 4 is 18.7 Å². The molecule has 0 saturated carbocycles. The van der Waals surface area contributed by atoms with Gasteiger partial charge in [0.25, 0.3) is 0 Å². The number of hydrogen-bond acceptors (Lipinski definition) is 2. The summed E-state index contributed by atoms with van der Waals surface area (Å²) in [5.41, 5.74) is 0. The Bertz CT molecular complexity index is 151. The fourth-order valence-corrected chi connectivity index (χ4v) is 1.31. The first-order valence-electron chi connectivity index (χ1n) is 3.36. The van der Waals surface area contributed by atoms with E-state index in [1.54, 1.807) is 16.8 Å². The molecule has 0 bridgehead atoms. The zero-order valence-electron chi connectivity index (χ0n) is 6.24. The third-order valence-corrected chi connectivity index (χ3v) is 2.29. The van der Waals surface area contributed by atoms with E-state index < -0.39 is 0 Å². The highest BCUT2D eigenvalue weighted by atomic mass is 32.1. The Balaban J connectivity index is 2.62. The van der Waals surface area contributed by atoms with Crippen LogP contribution in [0.4, 0.5) is 4.79 Å². The van der Waals surface area contributed by atoms with Crippen LogP contribution in [0.1, 0.15) is 6.92 Å². The van der Waals surface area contributed by atoms with Crippen molar-refractivity contribution in [3.63, 3.8) is 0 Å². The van der Waals surface area contributed by atoms with Gasteiger partial charge in [-0.3, -0.25) is 0 Å². The maximum absolute atomic E-state index is 11.1. The lowest BCUT2D eigenvalue weighted by molar-refractivity contribution is 0.200. The number of carbonyl (C=O) groups excluding carboxylic acids is 1. The summed E-state index contributed by atoms with van der Waals surface area (Å²) < 4.78 is 0. The molecule has 10 heavy (non-hydrogen) atoms. The molecule has 58 valence electrons. The van der Waals surface area contributed by atoms with E-state index in [1.165, 1.54) is 0 Å². The van der Waals surface area contributed by atoms with E-state index in [9.17, 15) is 4.79 Å². The monoisotopic (exact) mass is 160 g/mol. The molecule has 0 aromatic carbocycles. The Morgan fingerprint density at radius 1 is 1.80 bits per heavy atom. The normalized spacial score (nSPS) is 26.3. The molecule has 4 heteroatoms. The van der Waals surface area contributed by atoms with Gasteiger partial charge in [-0.15, -0.1) is 0 Å². The zero-order chi connectivity index (χ0) is 7.72. The van der Waals surface area contributed by atoms with Gasteiger partial charge in [0.1, 0.15) is 0 Å². The minimum atomic E-state index is 0.0763. The van der Waals surface area contributed by atoms with Crippen molar-refractivity contribution in [1.82, 2.24) is 9.80 Å². The summed E-state index contributed by atoms with van der Waals surface area (Å²) >= 11 is 4.22. The zero-order valence-corrected chi connectivity index (χ0v) is 7.14. The second-order valence-corrected chi connectivity index (χ2v) is 3.01. The second kappa shape index (κ2) is 2.70. The number of thiol groups is 1. The number of urea groups is 1. The summed E-state index contributed by atoms with van der Waals surface area (Å²) in [4.78, 5) is 14.6. The van der Waals surface area contributed by atoms with E-state index in [1.807, 2.05) is 6.92 Å². The number of amides is 2. The van der Waals surface area contributed by atoms with Crippen molar-refractivity contribution in [3.8, 4) is 0 Å². The minimum Gasteiger partial charge on any atom is -0.322 e. The molecule has 0 spiro atoms. The first-order valence-corrected chi connectivity index (χ1v) is 3.88. The molecule has 1 atom stereocenters. The fraction of sp³-hybridized carbons (Fsp3) is 0.833. The summed E-state index contributed by atoms with van der Waals surface area (Å²) in [6.07, 6.45) is 0. The van der Waals surface area contributed by atoms with Crippen LogP contribution >= 0.6 is 12.6 Å². The molecule has 1 aliphatic heterocycles. The van der Waals surface area contributed by atoms with Gasteiger partial charge in [-0.1, -0.05) is 0 Å². The lowest BCUT2D eigenvalue weighted by Gasteiger charge is -2.12. The van der Waals surface area contributed by atoms with Gasteiger partial charge in [0.15, 0.2) is 0 Å². The molecule has 1 fully saturated rings. The maximum atomic E-state index is 11.1. The summed E-state index contributed by atoms with van der Waals surface area (Å²) in [5, 5.41) is 0.0763. The number of carbonyl (C=O) groups is 1. The van der Waals surface area contributed by atoms with Gasteiger partial charge in [-0.05, 0) is 6.92 Å². The standard InChI is InChI=1S/C6H12N2OS/c1-3-8-4-5(10)7(2)6(8)9/h5,10H,3-4H2,1-2H3. The van der Waals surface area contributed by atoms with E-state index in [-0.39, 0.29) is 11.4 Å². The molecule has 2 amide bonds. The minimum absolute atomic E-state index is 0.0763. The largest absolute Gasteiger partial charge is 0.322 e. The summed E-state index contributed by atoms with van der Waals surface area (Å²) in [5.74, 6) is 0. The first-order chi connectivity index (χ1) is 4.66. The molecule has 1 heterocycles. The highest BCUT2D eigenvalue weighted by Crippen LogP contribution is 2.15. The maximum Gasteiger partial charge on any atom is 0.320 e. The van der Waals surface area contributed by atoms with Gasteiger partial charge >= 0.3 is 6.03 Å². The van der Waals surface area contributed by atoms with Crippen molar-refractivity contribution in [1.29, 1.82) is 0 Å². The summed E-state index contributed by atoms with van der Waals surface area (Å²) in [6.45, 7) is 3.49. The Morgan fingerprint density at radius 3 is 2.60 bits per heavy atom. The molecule has 1 rings (SSSR count). The second-order valence-electron chi connectivity index (χ2n) is 2.41. The van der Waals surface area contributed by atoms with Gasteiger partial charge in [-0.25, -0.2) is 4.79 Å². The Labute approximate surface area is 66.4 Å². The Kier molecular flexibility index (Phi) is 2.08. The fourth-order valence-electron chi connectivity index (χ4n) is 1.01. The number of likely N-dealkylation sites (N-methyl/N-ethyl adjacent to an activating group) is 2. The van der Waals surface area contributed by atoms with Crippen molar-refractivity contribution in [3.05, 3.63) is 0 Å². The molecule has 0 N–H and O–H groups in total. The van der Waals surface area contributed by atoms with E-state index >= 15 is 0 Å². The molecule has 0 aliphatic carbocycles. The first kappa shape index (κ1) is 7.72. The lowest BCUT2D eigenvalue weighted by atomic mass is 10.6. The van der Waals surface area contributed by atoms with Crippen LogP contribution in [0.15, 0.2) is 0 Å². The highest BCUT2D eigenvalue weighted by molar-refractivity contribution is 7.81. The van der Waals surface area contributed by atoms with Crippen LogP contribution in [-0.2, 0) is 0 Å². The van der Waals surface area contributed by atoms with E-state index in [0.717, 1.165) is 13.1 Å². The lowest BCUT2D eigenvalue weighted by Crippen LogP contribution is -2.29. The van der Waals surface area contributed by atoms with Gasteiger partial charge in [0.2, 0.25) is 0 Å². The molecule has 1 saturated heterocycles. The molecule has 3 nitrogen and oxygen atoms in total. The number of nitrogens with zero attached hydrogens (tertiary/aromatic N) is 2. The van der Waals surface area contributed by atoms with E-state index in [4.69, 9.17) is 0 Å². The average molecular weight is 160 g/mol. The summed E-state index contributed by atoms with van der Waals surface area (Å²) in [6, 6.07) is 0.0856. The average Bonchev–Trinajstić information content (AvgIpc) is 2.17. The number of hydrogen-bond donors (Lipinski definition) is 1. The van der Waals surface area contributed by atoms with Crippen LogP contribution in [0.2, 0.25) is 0 Å². The van der Waals surface area contributed by atoms with Crippen LogP contribution < -0.4 is 0 Å². The number of rotatable bonds is 1. The molecule has 1 unspecified atom stereocenters. The van der Waals surface area contributed by atoms with E-state index in [0.29, 0.717) is 0 Å². The third-order valence-electron chi connectivity index (χ3n) is 1.78. The van der Waals surface area contributed by atoms with Crippen molar-refractivity contribution in [2.45, 2.75) is 12.3 Å². The van der Waals surface area contributed by atoms with Crippen molar-refractivity contribution < 1.29 is 4.79 Å². The molecule has 0 radical (unpaired) electrons. The predicted octanol–water partition coefficient (Wildman–Crippen LogP) is 0.630. The van der Waals surface area contributed by atoms with Crippen molar-refractivity contribution in [2.24, 2.45) is 0 Å². The van der Waals surface area contributed by atoms with Gasteiger partial charge in [-0.2, -0.15) is 12.6 Å². The third kappa shape index (κ3) is 1.08. The molecular formula is C6H12N2OS. The van der Waals surface area contributed by atoms with Crippen LogP contribution in [-0.4, -0.2) is 41.3 Å². The topological polar surface area (TPSA) is 23.6 Å². The van der Waals surface area contributed by atoms with Crippen LogP contribution in [0, 0.1) is 0 Å². The Morgan fingerprint density at radius 2 is 2.40 bits per heavy atom. The molecule has 0 aromatic rings. The molecule has 0 aromatic heterocycles. The highest BCUT2D eigenvalue weighted by Gasteiger charge is 2.30. The van der Waals surface area contributed by atoms with Crippen molar-refractivity contribution in [2.75, 3.05) is 20.1 Å². The van der Waals surface area contributed by atoms with Gasteiger partial charge in [0.05, 0.1) is 11.9 Å². The smallest absolute Gasteiger partial charge is 0.320 e. The Hall–Kier alpha value is -0.380. The van der Waals surface area contributed by atoms with Crippen LogP contribution in [0.25, 0.3) is 0 Å². The van der Waals surface area contributed by atoms with Gasteiger partial charge in [0, 0.05) is 13.6 Å². The SMILES string of the molecule is CCN1CC(S)N(C)C1=O. The van der Waals surface area contributed by atoms with E-state index in [2.05, 4.69) is 12.6 Å².